The summed E-state index contributed by atoms with van der Waals surface area (Å²) in [6.07, 6.45) is 9.85. The van der Waals surface area contributed by atoms with Gasteiger partial charge in [-0.1, -0.05) is 49.9 Å². The van der Waals surface area contributed by atoms with Crippen LogP contribution in [0.1, 0.15) is 64.2 Å². The van der Waals surface area contributed by atoms with Crippen molar-refractivity contribution in [3.63, 3.8) is 0 Å². The Balaban J connectivity index is 0.965. The Bertz CT molecular complexity index is 2240. The monoisotopic (exact) mass is 766 g/mol. The van der Waals surface area contributed by atoms with Crippen LogP contribution in [0, 0.1) is 0 Å². The Hall–Kier alpha value is -4.10. The van der Waals surface area contributed by atoms with Gasteiger partial charge in [0.15, 0.2) is 0 Å². The molecule has 8 unspecified atom stereocenters. The van der Waals surface area contributed by atoms with E-state index >= 15 is 0 Å². The minimum absolute atomic E-state index is 0.0200. The van der Waals surface area contributed by atoms with E-state index in [-0.39, 0.29) is 68.2 Å². The molecule has 0 amide bonds. The van der Waals surface area contributed by atoms with E-state index in [9.17, 15) is 16.8 Å². The van der Waals surface area contributed by atoms with E-state index in [0.717, 1.165) is 75.6 Å². The Morgan fingerprint density at radius 1 is 0.444 bits per heavy atom. The van der Waals surface area contributed by atoms with E-state index in [1.54, 1.807) is 60.7 Å². The standard InChI is InChI=1S/C42H42N2O8S2/c45-53(46)39-15-7-5-13-33(39)51-37-21-25(17-19-41(37)53)43-27-9-1-3-11-31(27)49-35-24-30-36(23-29(35)43)50-32-12-4-2-10-28(32)44(30)26-18-20-42-38(22-26)52-34-14-6-8-16-40(34)54(42,47)48/h5-8,13-22,27-32,35-36H,1-4,9-12,23-24H2. The van der Waals surface area contributed by atoms with Crippen molar-refractivity contribution in [1.82, 2.24) is 0 Å². The first-order chi connectivity index (χ1) is 26.3. The van der Waals surface area contributed by atoms with Crippen molar-refractivity contribution in [2.45, 2.75) is 132 Å². The molecular formula is C42H42N2O8S2. The van der Waals surface area contributed by atoms with Gasteiger partial charge in [0.2, 0.25) is 19.7 Å². The number of ether oxygens (including phenoxy) is 4. The van der Waals surface area contributed by atoms with Crippen LogP contribution in [0.5, 0.6) is 23.0 Å². The van der Waals surface area contributed by atoms with Gasteiger partial charge in [0.25, 0.3) is 0 Å². The number of fused-ring (bicyclic) bond motifs is 8. The van der Waals surface area contributed by atoms with Crippen molar-refractivity contribution in [3.05, 3.63) is 84.9 Å². The first-order valence-corrected chi connectivity index (χ1v) is 22.4. The molecule has 2 saturated heterocycles. The second-order valence-corrected chi connectivity index (χ2v) is 19.7. The minimum atomic E-state index is -3.72. The Morgan fingerprint density at radius 3 is 1.31 bits per heavy atom. The lowest BCUT2D eigenvalue weighted by Crippen LogP contribution is -2.71. The van der Waals surface area contributed by atoms with Gasteiger partial charge in [-0.15, -0.1) is 0 Å². The summed E-state index contributed by atoms with van der Waals surface area (Å²) in [6, 6.07) is 25.2. The number of anilines is 2. The van der Waals surface area contributed by atoms with E-state index in [1.165, 1.54) is 0 Å². The molecule has 3 aliphatic carbocycles. The number of sulfone groups is 2. The summed E-state index contributed by atoms with van der Waals surface area (Å²) in [4.78, 5) is 5.83. The van der Waals surface area contributed by atoms with Gasteiger partial charge in [-0.3, -0.25) is 0 Å². The Kier molecular flexibility index (Phi) is 7.51. The number of rotatable bonds is 2. The molecule has 3 saturated carbocycles. The van der Waals surface area contributed by atoms with Crippen LogP contribution in [0.25, 0.3) is 0 Å². The normalized spacial score (nSPS) is 32.4. The predicted octanol–water partition coefficient (Wildman–Crippen LogP) is 7.83. The molecule has 12 heteroatoms. The molecule has 8 atom stereocenters. The Morgan fingerprint density at radius 2 is 0.852 bits per heavy atom. The summed E-state index contributed by atoms with van der Waals surface area (Å²) in [5, 5.41) is 0. The van der Waals surface area contributed by atoms with Crippen LogP contribution in [0.3, 0.4) is 0 Å². The third kappa shape index (κ3) is 4.95. The second-order valence-electron chi connectivity index (χ2n) is 15.9. The van der Waals surface area contributed by atoms with Gasteiger partial charge in [0.1, 0.15) is 42.6 Å². The molecule has 0 spiro atoms. The van der Waals surface area contributed by atoms with Crippen molar-refractivity contribution in [2.75, 3.05) is 9.80 Å². The lowest BCUT2D eigenvalue weighted by Gasteiger charge is -2.61. The third-order valence-electron chi connectivity index (χ3n) is 13.0. The van der Waals surface area contributed by atoms with Gasteiger partial charge in [-0.05, 0) is 87.1 Å². The third-order valence-corrected chi connectivity index (χ3v) is 16.7. The van der Waals surface area contributed by atoms with Gasteiger partial charge < -0.3 is 28.7 Å². The fourth-order valence-corrected chi connectivity index (χ4v) is 13.7. The number of benzene rings is 4. The number of nitrogens with zero attached hydrogens (tertiary/aromatic N) is 2. The van der Waals surface area contributed by atoms with Crippen LogP contribution in [-0.2, 0) is 29.1 Å². The topological polar surface area (TPSA) is 112 Å². The number of para-hydroxylation sites is 2. The molecular weight excluding hydrogens is 725 g/mol. The minimum Gasteiger partial charge on any atom is -0.455 e. The van der Waals surface area contributed by atoms with Crippen molar-refractivity contribution >= 4 is 31.0 Å². The molecule has 10 nitrogen and oxygen atoms in total. The molecule has 4 heterocycles. The van der Waals surface area contributed by atoms with Crippen LogP contribution < -0.4 is 19.3 Å². The fraction of sp³-hybridized carbons (Fsp3) is 0.429. The number of hydrogen-bond acceptors (Lipinski definition) is 10. The van der Waals surface area contributed by atoms with Crippen LogP contribution >= 0.6 is 0 Å². The smallest absolute Gasteiger partial charge is 0.213 e. The van der Waals surface area contributed by atoms with E-state index in [4.69, 9.17) is 18.9 Å². The van der Waals surface area contributed by atoms with E-state index in [2.05, 4.69) is 9.80 Å². The first-order valence-electron chi connectivity index (χ1n) is 19.5. The maximum Gasteiger partial charge on any atom is 0.213 e. The van der Waals surface area contributed by atoms with Crippen LogP contribution in [0.15, 0.2) is 105 Å². The first kappa shape index (κ1) is 33.3. The van der Waals surface area contributed by atoms with Gasteiger partial charge in [0.05, 0.1) is 48.6 Å². The maximum atomic E-state index is 13.7. The molecule has 0 N–H and O–H groups in total. The molecule has 280 valence electrons. The van der Waals surface area contributed by atoms with Gasteiger partial charge in [-0.2, -0.15) is 0 Å². The lowest BCUT2D eigenvalue weighted by molar-refractivity contribution is -0.154. The Labute approximate surface area is 315 Å². The number of morpholine rings is 2. The largest absolute Gasteiger partial charge is 0.455 e. The summed E-state index contributed by atoms with van der Waals surface area (Å²) in [5.74, 6) is 1.43. The zero-order chi connectivity index (χ0) is 36.3. The molecule has 5 fully saturated rings. The molecule has 4 aromatic carbocycles. The summed E-state index contributed by atoms with van der Waals surface area (Å²) in [7, 11) is -7.44. The molecule has 0 bridgehead atoms. The molecule has 0 radical (unpaired) electrons. The molecule has 4 aromatic rings. The summed E-state index contributed by atoms with van der Waals surface area (Å²) in [5.41, 5.74) is 1.90. The molecule has 0 aromatic heterocycles. The predicted molar refractivity (Wildman–Crippen MR) is 200 cm³/mol. The second kappa shape index (κ2) is 12.2. The van der Waals surface area contributed by atoms with Crippen molar-refractivity contribution < 1.29 is 35.8 Å². The van der Waals surface area contributed by atoms with Crippen LogP contribution in [0.2, 0.25) is 0 Å². The highest BCUT2D eigenvalue weighted by atomic mass is 32.2. The van der Waals surface area contributed by atoms with Crippen molar-refractivity contribution in [3.8, 4) is 23.0 Å². The fourth-order valence-electron chi connectivity index (χ4n) is 10.7. The average Bonchev–Trinajstić information content (AvgIpc) is 3.18. The van der Waals surface area contributed by atoms with Crippen LogP contribution in [-0.4, -0.2) is 65.4 Å². The zero-order valence-electron chi connectivity index (χ0n) is 29.7. The molecule has 4 aliphatic heterocycles. The average molecular weight is 767 g/mol. The van der Waals surface area contributed by atoms with Crippen molar-refractivity contribution in [1.29, 1.82) is 0 Å². The molecule has 54 heavy (non-hydrogen) atoms. The van der Waals surface area contributed by atoms with Crippen LogP contribution in [0.4, 0.5) is 11.4 Å². The van der Waals surface area contributed by atoms with E-state index in [0.29, 0.717) is 23.0 Å². The zero-order valence-corrected chi connectivity index (χ0v) is 31.4. The highest BCUT2D eigenvalue weighted by Crippen LogP contribution is 2.51. The molecule has 11 rings (SSSR count). The van der Waals surface area contributed by atoms with E-state index in [1.807, 2.05) is 24.3 Å². The van der Waals surface area contributed by atoms with Crippen molar-refractivity contribution in [2.24, 2.45) is 0 Å². The maximum absolute atomic E-state index is 13.7. The highest BCUT2D eigenvalue weighted by molar-refractivity contribution is 7.92. The SMILES string of the molecule is O=S1(=O)c2ccccc2Oc2cc(N3C4CCCCC4OC4CC5C(CC43)OC3CCCCC3N5c3ccc4c(c3)Oc3ccccc3S4(=O)=O)ccc21. The molecule has 7 aliphatic rings. The van der Waals surface area contributed by atoms with Gasteiger partial charge >= 0.3 is 0 Å². The summed E-state index contributed by atoms with van der Waals surface area (Å²) < 4.78 is 81.4. The van der Waals surface area contributed by atoms with Gasteiger partial charge in [-0.25, -0.2) is 16.8 Å². The summed E-state index contributed by atoms with van der Waals surface area (Å²) in [6.45, 7) is 0. The highest BCUT2D eigenvalue weighted by Gasteiger charge is 2.55. The lowest BCUT2D eigenvalue weighted by atomic mass is 9.76. The van der Waals surface area contributed by atoms with E-state index < -0.39 is 19.7 Å². The van der Waals surface area contributed by atoms with Gasteiger partial charge in [0, 0.05) is 23.5 Å². The summed E-state index contributed by atoms with van der Waals surface area (Å²) >= 11 is 0. The number of hydrogen-bond donors (Lipinski definition) is 0. The quantitative estimate of drug-likeness (QED) is 0.173.